The van der Waals surface area contributed by atoms with Crippen molar-refractivity contribution in [1.29, 1.82) is 0 Å². The summed E-state index contributed by atoms with van der Waals surface area (Å²) in [5.41, 5.74) is 0.854. The minimum Gasteiger partial charge on any atom is -0.494 e. The number of esters is 1. The molecule has 9 heteroatoms. The van der Waals surface area contributed by atoms with Gasteiger partial charge in [-0.15, -0.1) is 10.2 Å². The van der Waals surface area contributed by atoms with Gasteiger partial charge in [-0.2, -0.15) is 0 Å². The van der Waals surface area contributed by atoms with E-state index in [-0.39, 0.29) is 11.6 Å². The van der Waals surface area contributed by atoms with Gasteiger partial charge in [0.15, 0.2) is 5.82 Å². The molecule has 0 spiro atoms. The van der Waals surface area contributed by atoms with Crippen molar-refractivity contribution in [1.82, 2.24) is 14.9 Å². The minimum absolute atomic E-state index is 0.0269. The van der Waals surface area contributed by atoms with Gasteiger partial charge in [-0.25, -0.2) is 9.07 Å². The molecule has 0 saturated carbocycles. The monoisotopic (exact) mass is 402 g/mol. The Bertz CT molecular complexity index is 929. The molecule has 0 aliphatic heterocycles. The van der Waals surface area contributed by atoms with Crippen LogP contribution < -0.4 is 15.3 Å². The first-order valence-corrected chi connectivity index (χ1v) is 9.54. The predicted octanol–water partition coefficient (Wildman–Crippen LogP) is 2.82. The van der Waals surface area contributed by atoms with E-state index in [0.717, 1.165) is 17.3 Å². The number of aromatic nitrogens is 3. The second-order valence-corrected chi connectivity index (χ2v) is 6.68. The van der Waals surface area contributed by atoms with Crippen LogP contribution in [0, 0.1) is 5.82 Å². The highest BCUT2D eigenvalue weighted by Crippen LogP contribution is 2.20. The number of thioether (sulfide) groups is 1. The predicted molar refractivity (Wildman–Crippen MR) is 103 cm³/mol. The lowest BCUT2D eigenvalue weighted by Gasteiger charge is -2.06. The average molecular weight is 402 g/mol. The van der Waals surface area contributed by atoms with E-state index in [1.54, 1.807) is 36.4 Å². The molecule has 0 amide bonds. The lowest BCUT2D eigenvalue weighted by Crippen LogP contribution is -2.16. The van der Waals surface area contributed by atoms with Crippen LogP contribution in [-0.4, -0.2) is 33.2 Å². The Hall–Kier alpha value is -3.07. The third-order valence-electron chi connectivity index (χ3n) is 3.70. The summed E-state index contributed by atoms with van der Waals surface area (Å²) >= 11 is 1.12. The van der Waals surface area contributed by atoms with E-state index in [1.807, 2.05) is 6.92 Å². The smallest absolute Gasteiger partial charge is 0.321 e. The van der Waals surface area contributed by atoms with Gasteiger partial charge in [0.2, 0.25) is 5.16 Å². The van der Waals surface area contributed by atoms with Crippen molar-refractivity contribution in [3.05, 3.63) is 65.7 Å². The molecular formula is C19H19FN4O3S. The molecule has 1 aromatic heterocycles. The molecule has 0 aliphatic rings. The van der Waals surface area contributed by atoms with E-state index in [9.17, 15) is 9.18 Å². The van der Waals surface area contributed by atoms with Crippen LogP contribution in [0.1, 0.15) is 18.3 Å². The third-order valence-corrected chi connectivity index (χ3v) is 4.61. The van der Waals surface area contributed by atoms with Crippen molar-refractivity contribution < 1.29 is 18.7 Å². The average Bonchev–Trinajstić information content (AvgIpc) is 3.03. The highest BCUT2D eigenvalue weighted by molar-refractivity contribution is 7.99. The molecule has 0 atom stereocenters. The van der Waals surface area contributed by atoms with Crippen LogP contribution in [0.25, 0.3) is 0 Å². The summed E-state index contributed by atoms with van der Waals surface area (Å²) in [4.78, 5) is 12.0. The summed E-state index contributed by atoms with van der Waals surface area (Å²) in [6, 6.07) is 12.9. The van der Waals surface area contributed by atoms with Gasteiger partial charge >= 0.3 is 5.97 Å². The minimum atomic E-state index is -0.433. The van der Waals surface area contributed by atoms with E-state index in [4.69, 9.17) is 15.3 Å². The van der Waals surface area contributed by atoms with Crippen molar-refractivity contribution in [2.24, 2.45) is 0 Å². The Morgan fingerprint density at radius 1 is 1.11 bits per heavy atom. The lowest BCUT2D eigenvalue weighted by atomic mass is 10.1. The SMILES string of the molecule is CCOc1ccc(OC(=O)CSc2nnc(Cc3ccc(F)cc3)n2N)cc1. The highest BCUT2D eigenvalue weighted by Gasteiger charge is 2.14. The summed E-state index contributed by atoms with van der Waals surface area (Å²) in [7, 11) is 0. The Kier molecular flexibility index (Phi) is 6.49. The van der Waals surface area contributed by atoms with Crippen molar-refractivity contribution >= 4 is 17.7 Å². The standard InChI is InChI=1S/C19H19FN4O3S/c1-2-26-15-7-9-16(10-8-15)27-18(25)12-28-19-23-22-17(24(19)21)11-13-3-5-14(20)6-4-13/h3-10H,2,11-12,21H2,1H3. The molecule has 0 fully saturated rings. The molecule has 2 N–H and O–H groups in total. The molecule has 28 heavy (non-hydrogen) atoms. The molecule has 146 valence electrons. The second kappa shape index (κ2) is 9.23. The van der Waals surface area contributed by atoms with Gasteiger partial charge in [0.05, 0.1) is 12.4 Å². The van der Waals surface area contributed by atoms with Crippen LogP contribution in [0.2, 0.25) is 0 Å². The summed E-state index contributed by atoms with van der Waals surface area (Å²) < 4.78 is 24.9. The zero-order valence-electron chi connectivity index (χ0n) is 15.2. The number of benzene rings is 2. The summed E-state index contributed by atoms with van der Waals surface area (Å²) in [5, 5.41) is 8.41. The van der Waals surface area contributed by atoms with E-state index >= 15 is 0 Å². The number of halogens is 1. The fourth-order valence-electron chi connectivity index (χ4n) is 2.37. The zero-order chi connectivity index (χ0) is 19.9. The van der Waals surface area contributed by atoms with Gasteiger partial charge in [0.1, 0.15) is 17.3 Å². The van der Waals surface area contributed by atoms with Crippen molar-refractivity contribution in [2.45, 2.75) is 18.5 Å². The molecule has 0 saturated heterocycles. The van der Waals surface area contributed by atoms with Gasteiger partial charge in [-0.3, -0.25) is 4.79 Å². The molecule has 0 unspecified atom stereocenters. The number of nitrogens with two attached hydrogens (primary N) is 1. The molecular weight excluding hydrogens is 383 g/mol. The third kappa shape index (κ3) is 5.23. The van der Waals surface area contributed by atoms with E-state index in [1.165, 1.54) is 16.8 Å². The first-order valence-electron chi connectivity index (χ1n) is 8.55. The first-order chi connectivity index (χ1) is 13.5. The maximum absolute atomic E-state index is 13.0. The van der Waals surface area contributed by atoms with Gasteiger partial charge < -0.3 is 15.3 Å². The Balaban J connectivity index is 1.53. The molecule has 0 radical (unpaired) electrons. The van der Waals surface area contributed by atoms with Crippen LogP contribution >= 0.6 is 11.8 Å². The second-order valence-electron chi connectivity index (χ2n) is 5.74. The van der Waals surface area contributed by atoms with Crippen LogP contribution in [0.3, 0.4) is 0 Å². The molecule has 3 rings (SSSR count). The van der Waals surface area contributed by atoms with Gasteiger partial charge in [0.25, 0.3) is 0 Å². The summed E-state index contributed by atoms with van der Waals surface area (Å²) in [6.07, 6.45) is 0.404. The Labute approximate surface area is 165 Å². The highest BCUT2D eigenvalue weighted by atomic mass is 32.2. The molecule has 2 aromatic carbocycles. The van der Waals surface area contributed by atoms with Gasteiger partial charge in [-0.05, 0) is 48.9 Å². The Morgan fingerprint density at radius 2 is 1.79 bits per heavy atom. The van der Waals surface area contributed by atoms with Crippen LogP contribution in [0.4, 0.5) is 4.39 Å². The maximum Gasteiger partial charge on any atom is 0.321 e. The first kappa shape index (κ1) is 19.7. The van der Waals surface area contributed by atoms with Crippen molar-refractivity contribution in [3.8, 4) is 11.5 Å². The maximum atomic E-state index is 13.0. The zero-order valence-corrected chi connectivity index (χ0v) is 16.0. The fraction of sp³-hybridized carbons (Fsp3) is 0.211. The van der Waals surface area contributed by atoms with Gasteiger partial charge in [0, 0.05) is 6.42 Å². The number of ether oxygens (including phenoxy) is 2. The fourth-order valence-corrected chi connectivity index (χ4v) is 3.01. The topological polar surface area (TPSA) is 92.3 Å². The molecule has 0 bridgehead atoms. The largest absolute Gasteiger partial charge is 0.494 e. The number of carbonyl (C=O) groups excluding carboxylic acids is 1. The van der Waals surface area contributed by atoms with E-state index < -0.39 is 5.97 Å². The van der Waals surface area contributed by atoms with Crippen molar-refractivity contribution in [3.63, 3.8) is 0 Å². The summed E-state index contributed by atoms with van der Waals surface area (Å²) in [6.45, 7) is 2.46. The summed E-state index contributed by atoms with van der Waals surface area (Å²) in [5.74, 6) is 6.93. The molecule has 7 nitrogen and oxygen atoms in total. The van der Waals surface area contributed by atoms with Gasteiger partial charge in [-0.1, -0.05) is 23.9 Å². The van der Waals surface area contributed by atoms with Crippen molar-refractivity contribution in [2.75, 3.05) is 18.2 Å². The molecule has 3 aromatic rings. The van der Waals surface area contributed by atoms with E-state index in [2.05, 4.69) is 10.2 Å². The number of hydrogen-bond acceptors (Lipinski definition) is 7. The number of hydrogen-bond donors (Lipinski definition) is 1. The quantitative estimate of drug-likeness (QED) is 0.268. The molecule has 0 aliphatic carbocycles. The number of nitrogen functional groups attached to an aromatic ring is 1. The lowest BCUT2D eigenvalue weighted by molar-refractivity contribution is -0.131. The number of carbonyl (C=O) groups is 1. The number of nitrogens with zero attached hydrogens (tertiary/aromatic N) is 3. The van der Waals surface area contributed by atoms with Crippen LogP contribution in [-0.2, 0) is 11.2 Å². The van der Waals surface area contributed by atoms with E-state index in [0.29, 0.717) is 35.5 Å². The Morgan fingerprint density at radius 3 is 2.46 bits per heavy atom. The normalized spacial score (nSPS) is 10.6. The van der Waals surface area contributed by atoms with Crippen LogP contribution in [0.15, 0.2) is 53.7 Å². The number of rotatable bonds is 8. The molecule has 1 heterocycles. The van der Waals surface area contributed by atoms with Crippen LogP contribution in [0.5, 0.6) is 11.5 Å².